The molecule has 21 heavy (non-hydrogen) atoms. The Morgan fingerprint density at radius 2 is 2.05 bits per heavy atom. The van der Waals surface area contributed by atoms with Crippen LogP contribution in [-0.4, -0.2) is 22.9 Å². The third kappa shape index (κ3) is 2.53. The summed E-state index contributed by atoms with van der Waals surface area (Å²) in [6, 6.07) is 4.32. The predicted octanol–water partition coefficient (Wildman–Crippen LogP) is 3.85. The molecule has 3 nitrogen and oxygen atoms in total. The first-order valence-corrected chi connectivity index (χ1v) is 8.90. The van der Waals surface area contributed by atoms with Gasteiger partial charge in [0.25, 0.3) is 0 Å². The van der Waals surface area contributed by atoms with Crippen molar-refractivity contribution in [1.29, 1.82) is 0 Å². The zero-order valence-corrected chi connectivity index (χ0v) is 14.3. The van der Waals surface area contributed by atoms with Gasteiger partial charge >= 0.3 is 0 Å². The fraction of sp³-hybridized carbons (Fsp3) is 0.706. The average Bonchev–Trinajstić information content (AvgIpc) is 3.06. The molecular formula is C17H26N2OS. The maximum Gasteiger partial charge on any atom is 0.244 e. The van der Waals surface area contributed by atoms with Crippen LogP contribution in [0.1, 0.15) is 62.4 Å². The largest absolute Gasteiger partial charge is 0.320 e. The van der Waals surface area contributed by atoms with E-state index in [0.717, 1.165) is 13.0 Å². The van der Waals surface area contributed by atoms with E-state index in [1.807, 2.05) is 6.92 Å². The summed E-state index contributed by atoms with van der Waals surface area (Å²) in [4.78, 5) is 17.6. The standard InChI is InChI=1S/C17H26N2OS/c1-5-16(4)15(20)19(11-17(6-2)9-10-17)14(18-16)13-8-7-12(3)21-13/h7-8,14,18H,5-6,9-11H2,1-4H3. The molecule has 0 aromatic carbocycles. The molecule has 3 rings (SSSR count). The number of hydrogen-bond donors (Lipinski definition) is 1. The molecule has 1 amide bonds. The first-order valence-electron chi connectivity index (χ1n) is 8.08. The third-order valence-corrected chi connectivity index (χ3v) is 6.50. The topological polar surface area (TPSA) is 32.3 Å². The summed E-state index contributed by atoms with van der Waals surface area (Å²) in [5.74, 6) is 0.278. The van der Waals surface area contributed by atoms with Gasteiger partial charge in [0, 0.05) is 16.3 Å². The number of nitrogens with zero attached hydrogens (tertiary/aromatic N) is 1. The first-order chi connectivity index (χ1) is 9.93. The Labute approximate surface area is 131 Å². The molecule has 1 aliphatic carbocycles. The van der Waals surface area contributed by atoms with Crippen molar-refractivity contribution in [1.82, 2.24) is 10.2 Å². The quantitative estimate of drug-likeness (QED) is 0.896. The van der Waals surface area contributed by atoms with Gasteiger partial charge in [0.1, 0.15) is 6.17 Å². The molecule has 4 heteroatoms. The molecule has 0 radical (unpaired) electrons. The number of rotatable bonds is 5. The molecule has 116 valence electrons. The van der Waals surface area contributed by atoms with Crippen LogP contribution < -0.4 is 5.32 Å². The van der Waals surface area contributed by atoms with Gasteiger partial charge in [-0.05, 0) is 57.1 Å². The van der Waals surface area contributed by atoms with Crippen LogP contribution >= 0.6 is 11.3 Å². The minimum atomic E-state index is -0.410. The Balaban J connectivity index is 1.90. The summed E-state index contributed by atoms with van der Waals surface area (Å²) in [5, 5.41) is 3.61. The van der Waals surface area contributed by atoms with E-state index in [9.17, 15) is 4.79 Å². The average molecular weight is 306 g/mol. The van der Waals surface area contributed by atoms with Crippen LogP contribution in [0.25, 0.3) is 0 Å². The second kappa shape index (κ2) is 5.10. The Morgan fingerprint density at radius 3 is 2.52 bits per heavy atom. The van der Waals surface area contributed by atoms with E-state index in [4.69, 9.17) is 0 Å². The minimum absolute atomic E-state index is 0.0603. The van der Waals surface area contributed by atoms with Crippen LogP contribution in [0.15, 0.2) is 12.1 Å². The number of carbonyl (C=O) groups excluding carboxylic acids is 1. The van der Waals surface area contributed by atoms with Gasteiger partial charge in [-0.1, -0.05) is 13.8 Å². The fourth-order valence-corrected chi connectivity index (χ4v) is 4.22. The molecule has 0 bridgehead atoms. The molecule has 0 spiro atoms. The van der Waals surface area contributed by atoms with E-state index in [0.29, 0.717) is 5.41 Å². The molecule has 1 N–H and O–H groups in total. The second-order valence-electron chi connectivity index (χ2n) is 6.97. The first kappa shape index (κ1) is 15.0. The van der Waals surface area contributed by atoms with Gasteiger partial charge in [-0.2, -0.15) is 0 Å². The second-order valence-corrected chi connectivity index (χ2v) is 8.29. The Bertz CT molecular complexity index is 549. The highest BCUT2D eigenvalue weighted by Crippen LogP contribution is 2.51. The molecule has 2 heterocycles. The van der Waals surface area contributed by atoms with Crippen LogP contribution in [-0.2, 0) is 4.79 Å². The molecule has 1 aromatic rings. The Hall–Kier alpha value is -0.870. The highest BCUT2D eigenvalue weighted by molar-refractivity contribution is 7.12. The number of nitrogens with one attached hydrogen (secondary N) is 1. The smallest absolute Gasteiger partial charge is 0.244 e. The summed E-state index contributed by atoms with van der Waals surface area (Å²) in [6.07, 6.45) is 4.61. The van der Waals surface area contributed by atoms with E-state index in [1.165, 1.54) is 29.0 Å². The lowest BCUT2D eigenvalue weighted by Gasteiger charge is -2.27. The van der Waals surface area contributed by atoms with Crippen LogP contribution in [0.5, 0.6) is 0 Å². The lowest BCUT2D eigenvalue weighted by molar-refractivity contribution is -0.133. The molecule has 1 aliphatic heterocycles. The number of thiophene rings is 1. The number of carbonyl (C=O) groups is 1. The van der Waals surface area contributed by atoms with Gasteiger partial charge in [-0.25, -0.2) is 0 Å². The van der Waals surface area contributed by atoms with E-state index in [-0.39, 0.29) is 12.1 Å². The lowest BCUT2D eigenvalue weighted by Crippen LogP contribution is -2.43. The van der Waals surface area contributed by atoms with E-state index in [2.05, 4.69) is 43.1 Å². The fourth-order valence-electron chi connectivity index (χ4n) is 3.28. The summed E-state index contributed by atoms with van der Waals surface area (Å²) in [6.45, 7) is 9.44. The van der Waals surface area contributed by atoms with Gasteiger partial charge in [0.2, 0.25) is 5.91 Å². The Kier molecular flexibility index (Phi) is 3.65. The molecule has 2 atom stereocenters. The molecule has 2 aliphatic rings. The van der Waals surface area contributed by atoms with Crippen molar-refractivity contribution in [2.75, 3.05) is 6.54 Å². The van der Waals surface area contributed by atoms with Gasteiger partial charge in [-0.3, -0.25) is 10.1 Å². The maximum atomic E-state index is 12.9. The van der Waals surface area contributed by atoms with Crippen LogP contribution in [0.4, 0.5) is 0 Å². The van der Waals surface area contributed by atoms with Crippen LogP contribution in [0, 0.1) is 12.3 Å². The number of hydrogen-bond acceptors (Lipinski definition) is 3. The highest BCUT2D eigenvalue weighted by atomic mass is 32.1. The minimum Gasteiger partial charge on any atom is -0.320 e. The summed E-state index contributed by atoms with van der Waals surface area (Å²) in [5.41, 5.74) is -0.0206. The molecular weight excluding hydrogens is 280 g/mol. The van der Waals surface area contributed by atoms with Gasteiger partial charge in [-0.15, -0.1) is 11.3 Å². The monoisotopic (exact) mass is 306 g/mol. The molecule has 2 unspecified atom stereocenters. The normalized spacial score (nSPS) is 31.0. The molecule has 1 aromatic heterocycles. The van der Waals surface area contributed by atoms with Crippen LogP contribution in [0.3, 0.4) is 0 Å². The van der Waals surface area contributed by atoms with Gasteiger partial charge in [0.15, 0.2) is 0 Å². The summed E-state index contributed by atoms with van der Waals surface area (Å²) in [7, 11) is 0. The van der Waals surface area contributed by atoms with Crippen molar-refractivity contribution in [3.8, 4) is 0 Å². The van der Waals surface area contributed by atoms with Gasteiger partial charge in [0.05, 0.1) is 5.54 Å². The van der Waals surface area contributed by atoms with Crippen molar-refractivity contribution in [2.45, 2.75) is 65.1 Å². The third-order valence-electron chi connectivity index (χ3n) is 5.45. The summed E-state index contributed by atoms with van der Waals surface area (Å²) < 4.78 is 0. The zero-order chi connectivity index (χ0) is 15.3. The van der Waals surface area contributed by atoms with Gasteiger partial charge < -0.3 is 4.90 Å². The number of aryl methyl sites for hydroxylation is 1. The van der Waals surface area contributed by atoms with Crippen molar-refractivity contribution >= 4 is 17.2 Å². The summed E-state index contributed by atoms with van der Waals surface area (Å²) >= 11 is 1.80. The number of amides is 1. The van der Waals surface area contributed by atoms with Crippen molar-refractivity contribution in [2.24, 2.45) is 5.41 Å². The molecule has 1 saturated carbocycles. The highest BCUT2D eigenvalue weighted by Gasteiger charge is 2.52. The van der Waals surface area contributed by atoms with E-state index >= 15 is 0 Å². The van der Waals surface area contributed by atoms with Crippen molar-refractivity contribution in [3.05, 3.63) is 21.9 Å². The van der Waals surface area contributed by atoms with Crippen molar-refractivity contribution < 1.29 is 4.79 Å². The van der Waals surface area contributed by atoms with E-state index in [1.54, 1.807) is 11.3 Å². The van der Waals surface area contributed by atoms with Crippen LogP contribution in [0.2, 0.25) is 0 Å². The predicted molar refractivity (Wildman–Crippen MR) is 87.3 cm³/mol. The molecule has 1 saturated heterocycles. The molecule has 2 fully saturated rings. The SMILES string of the molecule is CCC1(CN2C(=O)C(C)(CC)NC2c2ccc(C)s2)CC1. The zero-order valence-electron chi connectivity index (χ0n) is 13.5. The lowest BCUT2D eigenvalue weighted by atomic mass is 9.98. The van der Waals surface area contributed by atoms with E-state index < -0.39 is 5.54 Å². The maximum absolute atomic E-state index is 12.9. The van der Waals surface area contributed by atoms with Crippen molar-refractivity contribution in [3.63, 3.8) is 0 Å². The Morgan fingerprint density at radius 1 is 1.33 bits per heavy atom.